The Hall–Kier alpha value is -7.28. The van der Waals surface area contributed by atoms with Crippen molar-refractivity contribution in [3.05, 3.63) is 264 Å². The van der Waals surface area contributed by atoms with Crippen LogP contribution in [-0.4, -0.2) is 0 Å². The van der Waals surface area contributed by atoms with Crippen LogP contribution in [0.5, 0.6) is 0 Å². The van der Waals surface area contributed by atoms with Gasteiger partial charge in [0.2, 0.25) is 0 Å². The fourth-order valence-corrected chi connectivity index (χ4v) is 10.5. The molecule has 10 aromatic carbocycles. The van der Waals surface area contributed by atoms with Crippen LogP contribution in [0, 0.1) is 0 Å². The summed E-state index contributed by atoms with van der Waals surface area (Å²) in [7, 11) is 0. The summed E-state index contributed by atoms with van der Waals surface area (Å²) < 4.78 is 0. The topological polar surface area (TPSA) is 0 Å². The molecule has 63 heavy (non-hydrogen) atoms. The lowest BCUT2D eigenvalue weighted by atomic mass is 9.60. The van der Waals surface area contributed by atoms with Crippen molar-refractivity contribution in [3.63, 3.8) is 0 Å². The summed E-state index contributed by atoms with van der Waals surface area (Å²) >= 11 is 0. The summed E-state index contributed by atoms with van der Waals surface area (Å²) in [5.41, 5.74) is 18.7. The summed E-state index contributed by atoms with van der Waals surface area (Å²) in [6.45, 7) is 8.67. The normalized spacial score (nSPS) is 13.6. The molecule has 0 N–H and O–H groups in total. The molecule has 0 aliphatic heterocycles. The molecule has 0 saturated heterocycles. The van der Waals surface area contributed by atoms with E-state index < -0.39 is 0 Å². The Labute approximate surface area is 373 Å². The van der Waals surface area contributed by atoms with Crippen LogP contribution in [0.3, 0.4) is 0 Å². The molecule has 0 heteroatoms. The summed E-state index contributed by atoms with van der Waals surface area (Å²) in [6, 6.07) is 84.6. The molecule has 12 rings (SSSR count). The molecule has 0 aromatic heterocycles. The van der Waals surface area contributed by atoms with Gasteiger partial charge in [-0.3, -0.25) is 0 Å². The zero-order valence-corrected chi connectivity index (χ0v) is 36.6. The highest BCUT2D eigenvalue weighted by atomic mass is 14.4. The first kappa shape index (κ1) is 39.8. The van der Waals surface area contributed by atoms with Gasteiger partial charge >= 0.3 is 0 Å². The molecule has 10 aromatic rings. The molecule has 0 atom stereocenters. The van der Waals surface area contributed by atoms with E-state index >= 15 is 0 Å². The SMILES string of the molecule is CC.CC1(C)c2ccccc2-c2c(-c3ccc4ccccc4c3)cccc21.c1ccc(C2(c3ccccc3)Cc3ccccc3-c3ccc(-c4ccc5ccccc5c4)cc32)cc1. The van der Waals surface area contributed by atoms with Gasteiger partial charge in [0.15, 0.2) is 0 Å². The van der Waals surface area contributed by atoms with Crippen molar-refractivity contribution in [1.29, 1.82) is 0 Å². The molecule has 0 bridgehead atoms. The van der Waals surface area contributed by atoms with Crippen LogP contribution in [-0.2, 0) is 17.3 Å². The van der Waals surface area contributed by atoms with Crippen LogP contribution in [0.2, 0.25) is 0 Å². The Morgan fingerprint density at radius 1 is 0.317 bits per heavy atom. The van der Waals surface area contributed by atoms with Crippen molar-refractivity contribution in [1.82, 2.24) is 0 Å². The van der Waals surface area contributed by atoms with Gasteiger partial charge in [0.25, 0.3) is 0 Å². The minimum Gasteiger partial charge on any atom is -0.0683 e. The van der Waals surface area contributed by atoms with Gasteiger partial charge < -0.3 is 0 Å². The molecule has 0 nitrogen and oxygen atoms in total. The average molecular weight is 809 g/mol. The molecule has 304 valence electrons. The van der Waals surface area contributed by atoms with Gasteiger partial charge in [0.1, 0.15) is 0 Å². The molecule has 0 radical (unpaired) electrons. The van der Waals surface area contributed by atoms with Crippen LogP contribution >= 0.6 is 0 Å². The minimum atomic E-state index is -0.265. The largest absolute Gasteiger partial charge is 0.0683 e. The number of hydrogen-bond donors (Lipinski definition) is 0. The van der Waals surface area contributed by atoms with Crippen molar-refractivity contribution in [2.45, 2.75) is 44.9 Å². The minimum absolute atomic E-state index is 0.0544. The average Bonchev–Trinajstić information content (AvgIpc) is 3.60. The van der Waals surface area contributed by atoms with Gasteiger partial charge in [-0.2, -0.15) is 0 Å². The maximum Gasteiger partial charge on any atom is 0.0498 e. The molecule has 2 aliphatic rings. The predicted octanol–water partition coefficient (Wildman–Crippen LogP) is 16.9. The van der Waals surface area contributed by atoms with E-state index in [9.17, 15) is 0 Å². The molecule has 0 amide bonds. The van der Waals surface area contributed by atoms with E-state index in [1.54, 1.807) is 0 Å². The summed E-state index contributed by atoms with van der Waals surface area (Å²) in [4.78, 5) is 0. The first-order valence-electron chi connectivity index (χ1n) is 22.5. The highest BCUT2D eigenvalue weighted by Crippen LogP contribution is 2.53. The van der Waals surface area contributed by atoms with Crippen molar-refractivity contribution in [2.75, 3.05) is 0 Å². The lowest BCUT2D eigenvalue weighted by molar-refractivity contribution is 0.606. The van der Waals surface area contributed by atoms with E-state index in [1.165, 1.54) is 99.4 Å². The van der Waals surface area contributed by atoms with Crippen molar-refractivity contribution >= 4 is 21.5 Å². The maximum absolute atomic E-state index is 2.45. The third-order valence-electron chi connectivity index (χ3n) is 13.5. The third-order valence-corrected chi connectivity index (χ3v) is 13.5. The van der Waals surface area contributed by atoms with Crippen LogP contribution < -0.4 is 0 Å². The van der Waals surface area contributed by atoms with Crippen molar-refractivity contribution < 1.29 is 0 Å². The first-order valence-corrected chi connectivity index (χ1v) is 22.5. The number of fused-ring (bicyclic) bond motifs is 8. The van der Waals surface area contributed by atoms with Crippen LogP contribution in [0.25, 0.3) is 66.1 Å². The van der Waals surface area contributed by atoms with Gasteiger partial charge in [-0.25, -0.2) is 0 Å². The monoisotopic (exact) mass is 808 g/mol. The summed E-state index contributed by atoms with van der Waals surface area (Å²) in [5, 5.41) is 5.13. The summed E-state index contributed by atoms with van der Waals surface area (Å²) in [6.07, 6.45) is 0.936. The fourth-order valence-electron chi connectivity index (χ4n) is 10.5. The number of hydrogen-bond acceptors (Lipinski definition) is 0. The lowest BCUT2D eigenvalue weighted by Gasteiger charge is -2.41. The Morgan fingerprint density at radius 2 is 0.794 bits per heavy atom. The second kappa shape index (κ2) is 16.5. The molecule has 0 fully saturated rings. The maximum atomic E-state index is 2.45. The van der Waals surface area contributed by atoms with E-state index in [-0.39, 0.29) is 10.8 Å². The Morgan fingerprint density at radius 3 is 1.46 bits per heavy atom. The molecule has 0 spiro atoms. The van der Waals surface area contributed by atoms with Crippen molar-refractivity contribution in [2.24, 2.45) is 0 Å². The molecule has 2 aliphatic carbocycles. The predicted molar refractivity (Wildman–Crippen MR) is 270 cm³/mol. The molecule has 0 saturated carbocycles. The van der Waals surface area contributed by atoms with E-state index in [0.717, 1.165) is 6.42 Å². The second-order valence-electron chi connectivity index (χ2n) is 17.3. The zero-order valence-electron chi connectivity index (χ0n) is 36.6. The van der Waals surface area contributed by atoms with Gasteiger partial charge in [-0.05, 0) is 124 Å². The number of rotatable bonds is 4. The standard InChI is InChI=1S/C36H26.C25H20.C2H6/c1-3-14-31(15-4-1)36(32-16-5-2-6-17-32)25-30-13-9-10-18-33(30)34-22-21-29(24-35(34)36)28-20-19-26-11-7-8-12-27(26)23-28;1-25(2)22-12-6-5-10-21(22)24-20(11-7-13-23(24)25)19-15-14-17-8-3-4-9-18(17)16-19;1-2/h1-24H,25H2;3-16H,1-2H3;1-2H3. The van der Waals surface area contributed by atoms with Crippen LogP contribution in [0.4, 0.5) is 0 Å². The molecular formula is C63H52. The third kappa shape index (κ3) is 6.88. The summed E-state index contributed by atoms with van der Waals surface area (Å²) in [5.74, 6) is 0. The second-order valence-corrected chi connectivity index (χ2v) is 17.3. The van der Waals surface area contributed by atoms with Crippen LogP contribution in [0.15, 0.2) is 231 Å². The fraction of sp³-hybridized carbons (Fsp3) is 0.111. The van der Waals surface area contributed by atoms with Gasteiger partial charge in [0.05, 0.1) is 0 Å². The Bertz CT molecular complexity index is 3200. The number of benzene rings is 10. The highest BCUT2D eigenvalue weighted by molar-refractivity contribution is 5.96. The lowest BCUT2D eigenvalue weighted by Crippen LogP contribution is -2.35. The molecular weight excluding hydrogens is 757 g/mol. The quantitative estimate of drug-likeness (QED) is 0.166. The smallest absolute Gasteiger partial charge is 0.0498 e. The Balaban J connectivity index is 0.000000153. The zero-order chi connectivity index (χ0) is 43.0. The molecule has 0 unspecified atom stereocenters. The van der Waals surface area contributed by atoms with Gasteiger partial charge in [-0.15, -0.1) is 0 Å². The van der Waals surface area contributed by atoms with Gasteiger partial charge in [-0.1, -0.05) is 240 Å². The highest BCUT2D eigenvalue weighted by Gasteiger charge is 2.42. The van der Waals surface area contributed by atoms with E-state index in [1.807, 2.05) is 13.8 Å². The van der Waals surface area contributed by atoms with Crippen LogP contribution in [0.1, 0.15) is 61.1 Å². The Kier molecular flexibility index (Phi) is 10.5. The molecule has 0 heterocycles. The van der Waals surface area contributed by atoms with E-state index in [2.05, 4.69) is 244 Å². The van der Waals surface area contributed by atoms with E-state index in [4.69, 9.17) is 0 Å². The van der Waals surface area contributed by atoms with Gasteiger partial charge in [0, 0.05) is 10.8 Å². The van der Waals surface area contributed by atoms with E-state index in [0.29, 0.717) is 0 Å². The first-order chi connectivity index (χ1) is 31.0. The van der Waals surface area contributed by atoms with Crippen molar-refractivity contribution in [3.8, 4) is 44.5 Å².